The van der Waals surface area contributed by atoms with Crippen LogP contribution in [0.2, 0.25) is 0 Å². The number of hydrogen-bond donors (Lipinski definition) is 2. The molecule has 0 aliphatic rings. The van der Waals surface area contributed by atoms with Gasteiger partial charge in [0.05, 0.1) is 39.9 Å². The first-order valence-electron chi connectivity index (χ1n) is 25.0. The molecule has 0 radical (unpaired) electrons. The molecule has 0 saturated carbocycles. The summed E-state index contributed by atoms with van der Waals surface area (Å²) in [5, 5.41) is 13.7. The second-order valence-electron chi connectivity index (χ2n) is 17.4. The zero-order chi connectivity index (χ0) is 47.8. The fourth-order valence-corrected chi connectivity index (χ4v) is 6.94. The number of amides is 1. The first kappa shape index (κ1) is 61.6. The first-order valence-corrected chi connectivity index (χ1v) is 26.5. The van der Waals surface area contributed by atoms with E-state index in [0.29, 0.717) is 23.9 Å². The number of rotatable bonds is 43. The summed E-state index contributed by atoms with van der Waals surface area (Å²) in [5.74, 6) is -0.210. The van der Waals surface area contributed by atoms with Crippen LogP contribution in [0.5, 0.6) is 0 Å². The van der Waals surface area contributed by atoms with Gasteiger partial charge in [-0.3, -0.25) is 9.36 Å². The maximum Gasteiger partial charge on any atom is 0.268 e. The highest BCUT2D eigenvalue weighted by atomic mass is 31.2. The van der Waals surface area contributed by atoms with E-state index in [0.717, 1.165) is 122 Å². The molecule has 0 aliphatic heterocycles. The number of hydrogen-bond acceptors (Lipinski definition) is 6. The Balaban J connectivity index is 4.11. The molecule has 0 spiro atoms. The normalized spacial score (nSPS) is 15.2. The lowest BCUT2D eigenvalue weighted by molar-refractivity contribution is -0.870. The van der Waals surface area contributed by atoms with E-state index >= 15 is 0 Å². The molecule has 8 nitrogen and oxygen atoms in total. The average Bonchev–Trinajstić information content (AvgIpc) is 3.26. The lowest BCUT2D eigenvalue weighted by atomic mass is 10.0. The highest BCUT2D eigenvalue weighted by Crippen LogP contribution is 2.38. The predicted molar refractivity (Wildman–Crippen MR) is 278 cm³/mol. The number of allylic oxidation sites excluding steroid dienone is 22. The predicted octanol–water partition coefficient (Wildman–Crippen LogP) is 14.2. The Morgan fingerprint density at radius 3 is 1.35 bits per heavy atom. The minimum atomic E-state index is -4.57. The maximum absolute atomic E-state index is 12.8. The van der Waals surface area contributed by atoms with Gasteiger partial charge >= 0.3 is 0 Å². The van der Waals surface area contributed by atoms with Crippen molar-refractivity contribution in [1.82, 2.24) is 5.32 Å². The minimum absolute atomic E-state index is 0.00305. The fraction of sp³-hybridized carbons (Fsp3) is 0.589. The molecule has 3 atom stereocenters. The number of phosphoric ester groups is 1. The third-order valence-corrected chi connectivity index (χ3v) is 11.1. The van der Waals surface area contributed by atoms with E-state index in [1.165, 1.54) is 12.8 Å². The maximum atomic E-state index is 12.8. The monoisotopic (exact) mass is 921 g/mol. The van der Waals surface area contributed by atoms with Gasteiger partial charge in [0.25, 0.3) is 7.82 Å². The van der Waals surface area contributed by atoms with Gasteiger partial charge in [-0.15, -0.1) is 0 Å². The molecule has 65 heavy (non-hydrogen) atoms. The van der Waals surface area contributed by atoms with E-state index in [1.54, 1.807) is 0 Å². The Kier molecular flexibility index (Phi) is 43.4. The number of nitrogens with one attached hydrogen (secondary N) is 1. The number of phosphoric acid groups is 1. The van der Waals surface area contributed by atoms with Crippen molar-refractivity contribution < 1.29 is 32.9 Å². The molecular formula is C56H93N2O6P. The zero-order valence-electron chi connectivity index (χ0n) is 41.6. The van der Waals surface area contributed by atoms with Crippen LogP contribution in [0.1, 0.15) is 162 Å². The molecule has 368 valence electrons. The van der Waals surface area contributed by atoms with E-state index < -0.39 is 20.0 Å². The Labute approximate surface area is 398 Å². The standard InChI is InChI=1S/C56H93N2O6P/c1-6-8-10-12-14-15-16-17-18-19-20-21-22-23-24-25-26-27-28-29-30-31-32-33-34-35-36-37-38-39-40-41-42-43-44-46-48-50-56(60)57-54(55(59)49-47-45-13-11-9-7-2)53-64-65(61,62)63-52-51-58(3,4)5/h8,10,14-15,17-18,20-21,23-24,26-27,29-30,32-33,35-36,38-39,41-42,54-55,59H,6-7,9,11-13,16,19,22,25,28,31,34,37,40,43-53H2,1-5H3,(H-,57,60,61,62)/b10-8-,15-14-,18-17-,21-20-,24-23-,27-26-,30-29-,33-32-,36-35-,39-38-,42-41-. The van der Waals surface area contributed by atoms with Gasteiger partial charge in [0.2, 0.25) is 5.91 Å². The quantitative estimate of drug-likeness (QED) is 0.0273. The summed E-state index contributed by atoms with van der Waals surface area (Å²) in [6.07, 6.45) is 69.4. The van der Waals surface area contributed by atoms with Crippen molar-refractivity contribution in [1.29, 1.82) is 0 Å². The second kappa shape index (κ2) is 45.8. The van der Waals surface area contributed by atoms with Crippen LogP contribution < -0.4 is 10.2 Å². The van der Waals surface area contributed by atoms with Crippen LogP contribution in [0.4, 0.5) is 0 Å². The van der Waals surface area contributed by atoms with E-state index in [-0.39, 0.29) is 19.1 Å². The SMILES string of the molecule is CC/C=C\C/C=C\C/C=C\C/C=C\C/C=C\C/C=C\C/C=C\C/C=C\C/C=C\C/C=C\C/C=C\CCCCCC(=O)NC(COP(=O)([O-])OCC[N+](C)(C)C)C(O)CCCCCCCC. The summed E-state index contributed by atoms with van der Waals surface area (Å²) < 4.78 is 23.1. The van der Waals surface area contributed by atoms with Crippen molar-refractivity contribution in [2.75, 3.05) is 40.9 Å². The minimum Gasteiger partial charge on any atom is -0.756 e. The van der Waals surface area contributed by atoms with Crippen LogP contribution >= 0.6 is 7.82 Å². The van der Waals surface area contributed by atoms with Crippen LogP contribution in [0.3, 0.4) is 0 Å². The third kappa shape index (κ3) is 48.4. The highest BCUT2D eigenvalue weighted by molar-refractivity contribution is 7.45. The van der Waals surface area contributed by atoms with Gasteiger partial charge in [-0.05, 0) is 96.3 Å². The lowest BCUT2D eigenvalue weighted by Crippen LogP contribution is -2.46. The van der Waals surface area contributed by atoms with Gasteiger partial charge in [-0.2, -0.15) is 0 Å². The molecule has 9 heteroatoms. The number of unbranched alkanes of at least 4 members (excludes halogenated alkanes) is 8. The highest BCUT2D eigenvalue weighted by Gasteiger charge is 2.24. The molecule has 0 aromatic heterocycles. The van der Waals surface area contributed by atoms with Crippen LogP contribution in [0, 0.1) is 0 Å². The van der Waals surface area contributed by atoms with Crippen molar-refractivity contribution in [2.45, 2.75) is 174 Å². The number of carbonyl (C=O) groups is 1. The second-order valence-corrected chi connectivity index (χ2v) is 18.8. The number of nitrogens with zero attached hydrogens (tertiary/aromatic N) is 1. The Bertz CT molecular complexity index is 1510. The summed E-state index contributed by atoms with van der Waals surface area (Å²) in [7, 11) is 1.25. The van der Waals surface area contributed by atoms with Gasteiger partial charge in [-0.1, -0.05) is 192 Å². The molecule has 0 fully saturated rings. The van der Waals surface area contributed by atoms with E-state index in [2.05, 4.69) is 153 Å². The van der Waals surface area contributed by atoms with Gasteiger partial charge in [0.1, 0.15) is 13.2 Å². The molecule has 0 aromatic carbocycles. The number of aliphatic hydroxyl groups excluding tert-OH is 1. The molecule has 0 saturated heterocycles. The van der Waals surface area contributed by atoms with Crippen LogP contribution in [0.15, 0.2) is 134 Å². The van der Waals surface area contributed by atoms with Crippen molar-refractivity contribution in [2.24, 2.45) is 0 Å². The zero-order valence-corrected chi connectivity index (χ0v) is 42.5. The molecule has 0 rings (SSSR count). The number of quaternary nitrogens is 1. The number of aliphatic hydroxyl groups is 1. The fourth-order valence-electron chi connectivity index (χ4n) is 6.22. The molecule has 0 aliphatic carbocycles. The Hall–Kier alpha value is -3.36. The van der Waals surface area contributed by atoms with Gasteiger partial charge < -0.3 is 28.8 Å². The third-order valence-electron chi connectivity index (χ3n) is 10.2. The van der Waals surface area contributed by atoms with E-state index in [9.17, 15) is 19.4 Å². The molecule has 0 heterocycles. The number of carbonyl (C=O) groups excluding carboxylic acids is 1. The van der Waals surface area contributed by atoms with Crippen LogP contribution in [-0.4, -0.2) is 68.5 Å². The summed E-state index contributed by atoms with van der Waals surface area (Å²) in [6.45, 7) is 4.47. The van der Waals surface area contributed by atoms with Gasteiger partial charge in [0, 0.05) is 6.42 Å². The number of likely N-dealkylation sites (N-methyl/N-ethyl adjacent to an activating group) is 1. The van der Waals surface area contributed by atoms with Crippen molar-refractivity contribution in [3.05, 3.63) is 134 Å². The Morgan fingerprint density at radius 2 is 0.938 bits per heavy atom. The van der Waals surface area contributed by atoms with E-state index in [4.69, 9.17) is 9.05 Å². The summed E-state index contributed by atoms with van der Waals surface area (Å²) in [6, 6.07) is -0.825. The smallest absolute Gasteiger partial charge is 0.268 e. The first-order chi connectivity index (χ1) is 31.5. The molecule has 0 aromatic rings. The average molecular weight is 921 g/mol. The molecule has 3 unspecified atom stereocenters. The largest absolute Gasteiger partial charge is 0.756 e. The van der Waals surface area contributed by atoms with Crippen molar-refractivity contribution in [3.63, 3.8) is 0 Å². The van der Waals surface area contributed by atoms with Crippen LogP contribution in [-0.2, 0) is 18.4 Å². The molecule has 0 bridgehead atoms. The van der Waals surface area contributed by atoms with Crippen molar-refractivity contribution in [3.8, 4) is 0 Å². The van der Waals surface area contributed by atoms with Crippen LogP contribution in [0.25, 0.3) is 0 Å². The summed E-state index contributed by atoms with van der Waals surface area (Å²) in [4.78, 5) is 25.2. The molecule has 1 amide bonds. The lowest BCUT2D eigenvalue weighted by Gasteiger charge is -2.30. The van der Waals surface area contributed by atoms with E-state index in [1.807, 2.05) is 21.1 Å². The summed E-state index contributed by atoms with van der Waals surface area (Å²) in [5.41, 5.74) is 0. The van der Waals surface area contributed by atoms with Gasteiger partial charge in [-0.25, -0.2) is 0 Å². The molecule has 2 N–H and O–H groups in total. The van der Waals surface area contributed by atoms with Gasteiger partial charge in [0.15, 0.2) is 0 Å². The topological polar surface area (TPSA) is 108 Å². The molecular weight excluding hydrogens is 828 g/mol. The Morgan fingerprint density at radius 1 is 0.554 bits per heavy atom. The summed E-state index contributed by atoms with van der Waals surface area (Å²) >= 11 is 0. The van der Waals surface area contributed by atoms with Crippen molar-refractivity contribution >= 4 is 13.7 Å².